The standard InChI is InChI=1S/C73H133N13O15/c1-26-53-69(95)79(19)51(15)68(94)84(24)60(52(16)101-37-31-30-34-86-35-38-100-39-36-86)65(91)77-58(46(8)9)72(98)80(20)54(40-43(2)3)64(90)74-49(13)63(89)75-50(14)67(93)81(21)55(41-44(4)5)70(96)82(22)56(42-45(6)7)71(97)83(23)59(47(10)11)73(99)85(25)61(66(92)76-53)62(88)48(12)32-28-27-29-33-57(87)78(17)18/h43-56,58-62,88H,26-42H2,1-25H3,(H,74,90)(H,75,89)(H,76,92)(H,77,91)/t48-,49+,50-,51-,52-,53+,54+,55+,56+,58+,59+,60+,61+,62-/m1/s1. The molecule has 0 saturated carbocycles. The van der Waals surface area contributed by atoms with Gasteiger partial charge in [0.1, 0.15) is 66.5 Å². The minimum atomic E-state index is -1.68. The van der Waals surface area contributed by atoms with Gasteiger partial charge in [-0.3, -0.25) is 62.4 Å². The Kier molecular flexibility index (Phi) is 38.5. The van der Waals surface area contributed by atoms with Crippen LogP contribution in [0.5, 0.6) is 0 Å². The SMILES string of the molecule is CC[C@@H]1NC(=O)[C@H]([C@H](O)[C@H](C)CCCCCC(=O)N(C)C)N(C)C(=O)[C@H](C(C)C)N(C)C(=O)[C@H](CC(C)C)N(C)C(=O)[C@H](CC(C)C)N(C)C(=O)[C@@H](C)NC(=O)[C@H](C)NC(=O)[C@H](CC(C)C)N(C)C(=O)[C@H](C(C)C)NC(=O)[C@H]([C@@H](C)OCCCCN2CCOCC2)N(C)C(=O)[C@@H](C)N(C)C1=O. The number of ether oxygens (including phenoxy) is 2. The lowest BCUT2D eigenvalue weighted by molar-refractivity contribution is -0.157. The third-order valence-corrected chi connectivity index (χ3v) is 19.9. The maximum absolute atomic E-state index is 15.5. The van der Waals surface area contributed by atoms with Gasteiger partial charge in [0.25, 0.3) is 0 Å². The molecule has 28 nitrogen and oxygen atoms in total. The average Bonchev–Trinajstić information content (AvgIpc) is 0.808. The number of carbonyl (C=O) groups excluding carboxylic acids is 12. The Bertz CT molecular complexity index is 2730. The largest absolute Gasteiger partial charge is 0.390 e. The second-order valence-corrected chi connectivity index (χ2v) is 30.6. The van der Waals surface area contributed by atoms with Gasteiger partial charge < -0.3 is 75.0 Å². The first-order valence-corrected chi connectivity index (χ1v) is 36.9. The third-order valence-electron chi connectivity index (χ3n) is 19.9. The number of morpholine rings is 1. The summed E-state index contributed by atoms with van der Waals surface area (Å²) in [4.78, 5) is 189. The first-order valence-electron chi connectivity index (χ1n) is 36.9. The van der Waals surface area contributed by atoms with Crippen LogP contribution in [0.2, 0.25) is 0 Å². The van der Waals surface area contributed by atoms with Gasteiger partial charge in [-0.15, -0.1) is 0 Å². The number of amides is 12. The molecule has 0 aliphatic carbocycles. The first-order chi connectivity index (χ1) is 47.0. The predicted molar refractivity (Wildman–Crippen MR) is 388 cm³/mol. The van der Waals surface area contributed by atoms with E-state index in [1.807, 2.05) is 41.5 Å². The summed E-state index contributed by atoms with van der Waals surface area (Å²) in [5.74, 6) is -10.3. The van der Waals surface area contributed by atoms with Gasteiger partial charge in [0.2, 0.25) is 70.9 Å². The first kappa shape index (κ1) is 90.6. The van der Waals surface area contributed by atoms with Crippen LogP contribution < -0.4 is 21.3 Å². The summed E-state index contributed by atoms with van der Waals surface area (Å²) >= 11 is 0. The molecule has 0 aromatic heterocycles. The highest BCUT2D eigenvalue weighted by Gasteiger charge is 2.47. The molecule has 580 valence electrons. The molecule has 101 heavy (non-hydrogen) atoms. The molecule has 2 aliphatic rings. The Balaban J connectivity index is 3.02. The van der Waals surface area contributed by atoms with Gasteiger partial charge >= 0.3 is 0 Å². The van der Waals surface area contributed by atoms with Crippen LogP contribution in [-0.2, 0) is 67.0 Å². The number of rotatable bonds is 24. The van der Waals surface area contributed by atoms with E-state index in [1.165, 1.54) is 94.6 Å². The minimum Gasteiger partial charge on any atom is -0.390 e. The van der Waals surface area contributed by atoms with Crippen molar-refractivity contribution in [3.8, 4) is 0 Å². The highest BCUT2D eigenvalue weighted by Crippen LogP contribution is 2.27. The van der Waals surface area contributed by atoms with E-state index in [1.54, 1.807) is 62.6 Å². The number of nitrogens with one attached hydrogen (secondary N) is 4. The van der Waals surface area contributed by atoms with Crippen LogP contribution in [0, 0.1) is 35.5 Å². The normalized spacial score (nSPS) is 26.5. The number of aliphatic hydroxyl groups is 1. The molecule has 28 heteroatoms. The van der Waals surface area contributed by atoms with Crippen LogP contribution in [0.25, 0.3) is 0 Å². The Morgan fingerprint density at radius 3 is 1.50 bits per heavy atom. The van der Waals surface area contributed by atoms with E-state index in [0.717, 1.165) is 40.8 Å². The summed E-state index contributed by atoms with van der Waals surface area (Å²) in [5.41, 5.74) is 0. The Morgan fingerprint density at radius 1 is 0.505 bits per heavy atom. The quantitative estimate of drug-likeness (QED) is 0.0867. The maximum atomic E-state index is 15.5. The van der Waals surface area contributed by atoms with Crippen LogP contribution in [0.4, 0.5) is 0 Å². The summed E-state index contributed by atoms with van der Waals surface area (Å²) in [5, 5.41) is 23.6. The number of aliphatic hydroxyl groups excluding tert-OH is 1. The lowest BCUT2D eigenvalue weighted by atomic mass is 9.90. The fourth-order valence-electron chi connectivity index (χ4n) is 13.1. The molecule has 12 amide bonds. The fourth-order valence-corrected chi connectivity index (χ4v) is 13.1. The molecule has 2 aliphatic heterocycles. The van der Waals surface area contributed by atoms with E-state index < -0.39 is 161 Å². The van der Waals surface area contributed by atoms with Gasteiger partial charge in [-0.05, 0) is 121 Å². The lowest BCUT2D eigenvalue weighted by Crippen LogP contribution is -2.64. The molecular formula is C73H133N13O15. The second-order valence-electron chi connectivity index (χ2n) is 30.6. The summed E-state index contributed by atoms with van der Waals surface area (Å²) in [7, 11) is 13.2. The predicted octanol–water partition coefficient (Wildman–Crippen LogP) is 3.20. The minimum absolute atomic E-state index is 0.0298. The van der Waals surface area contributed by atoms with E-state index in [-0.39, 0.29) is 56.0 Å². The third kappa shape index (κ3) is 26.6. The van der Waals surface area contributed by atoms with Gasteiger partial charge in [0, 0.05) is 89.5 Å². The smallest absolute Gasteiger partial charge is 0.246 e. The zero-order chi connectivity index (χ0) is 77.4. The van der Waals surface area contributed by atoms with E-state index in [9.17, 15) is 33.9 Å². The lowest BCUT2D eigenvalue weighted by Gasteiger charge is -2.41. The fraction of sp³-hybridized carbons (Fsp3) is 0.836. The van der Waals surface area contributed by atoms with Crippen LogP contribution in [-0.4, -0.2) is 302 Å². The van der Waals surface area contributed by atoms with E-state index in [0.29, 0.717) is 51.7 Å². The summed E-state index contributed by atoms with van der Waals surface area (Å²) in [6.07, 6.45) is 1.58. The number of likely N-dealkylation sites (N-methyl/N-ethyl adjacent to an activating group) is 7. The molecular weight excluding hydrogens is 1300 g/mol. The molecule has 0 aromatic rings. The number of nitrogens with zero attached hydrogens (tertiary/aromatic N) is 9. The van der Waals surface area contributed by atoms with Crippen LogP contribution >= 0.6 is 0 Å². The summed E-state index contributed by atoms with van der Waals surface area (Å²) < 4.78 is 11.9. The topological polar surface area (TPSA) is 321 Å². The van der Waals surface area contributed by atoms with Crippen molar-refractivity contribution >= 4 is 70.9 Å². The Hall–Kier alpha value is -6.52. The maximum Gasteiger partial charge on any atom is 0.246 e. The van der Waals surface area contributed by atoms with Crippen molar-refractivity contribution in [2.75, 3.05) is 103 Å². The molecule has 0 bridgehead atoms. The van der Waals surface area contributed by atoms with Crippen LogP contribution in [0.1, 0.15) is 181 Å². The van der Waals surface area contributed by atoms with Crippen molar-refractivity contribution in [2.45, 2.75) is 260 Å². The molecule has 14 atom stereocenters. The van der Waals surface area contributed by atoms with Crippen molar-refractivity contribution in [3.63, 3.8) is 0 Å². The Labute approximate surface area is 604 Å². The molecule has 0 radical (unpaired) electrons. The summed E-state index contributed by atoms with van der Waals surface area (Å²) in [6, 6.07) is -14.4. The summed E-state index contributed by atoms with van der Waals surface area (Å²) in [6.45, 7) is 31.3. The van der Waals surface area contributed by atoms with Crippen LogP contribution in [0.15, 0.2) is 0 Å². The van der Waals surface area contributed by atoms with Crippen molar-refractivity contribution in [2.24, 2.45) is 35.5 Å². The van der Waals surface area contributed by atoms with Crippen molar-refractivity contribution in [1.29, 1.82) is 0 Å². The number of unbranched alkanes of at least 4 members (excludes halogenated alkanes) is 3. The number of hydrogen-bond acceptors (Lipinski definition) is 16. The number of hydrogen-bond donors (Lipinski definition) is 5. The molecule has 2 saturated heterocycles. The average molecular weight is 1430 g/mol. The van der Waals surface area contributed by atoms with Crippen molar-refractivity contribution in [3.05, 3.63) is 0 Å². The van der Waals surface area contributed by atoms with Gasteiger partial charge in [0.05, 0.1) is 25.4 Å². The molecule has 2 heterocycles. The van der Waals surface area contributed by atoms with E-state index >= 15 is 28.8 Å². The zero-order valence-electron chi connectivity index (χ0n) is 66.2. The number of carbonyl (C=O) groups is 12. The zero-order valence-corrected chi connectivity index (χ0v) is 66.2. The van der Waals surface area contributed by atoms with Crippen LogP contribution in [0.3, 0.4) is 0 Å². The molecule has 5 N–H and O–H groups in total. The highest BCUT2D eigenvalue weighted by molar-refractivity contribution is 6.00. The van der Waals surface area contributed by atoms with E-state index in [2.05, 4.69) is 26.2 Å². The van der Waals surface area contributed by atoms with Gasteiger partial charge in [-0.2, -0.15) is 0 Å². The van der Waals surface area contributed by atoms with Crippen molar-refractivity contribution < 1.29 is 72.1 Å². The van der Waals surface area contributed by atoms with E-state index in [4.69, 9.17) is 9.47 Å². The highest BCUT2D eigenvalue weighted by atomic mass is 16.5. The molecule has 0 aromatic carbocycles. The Morgan fingerprint density at radius 2 is 0.990 bits per heavy atom. The van der Waals surface area contributed by atoms with Gasteiger partial charge in [0.15, 0.2) is 0 Å². The van der Waals surface area contributed by atoms with Gasteiger partial charge in [-0.25, -0.2) is 0 Å². The molecule has 2 fully saturated rings. The van der Waals surface area contributed by atoms with Crippen molar-refractivity contribution in [1.82, 2.24) is 65.4 Å². The molecule has 0 spiro atoms. The molecule has 2 rings (SSSR count). The monoisotopic (exact) mass is 1430 g/mol. The second kappa shape index (κ2) is 42.9. The molecule has 0 unspecified atom stereocenters. The van der Waals surface area contributed by atoms with Gasteiger partial charge in [-0.1, -0.05) is 95.9 Å².